The summed E-state index contributed by atoms with van der Waals surface area (Å²) in [5.74, 6) is 1.29. The molecule has 2 aliphatic rings. The number of hydrogen-bond acceptors (Lipinski definition) is 7. The summed E-state index contributed by atoms with van der Waals surface area (Å²) in [6.07, 6.45) is 5.65. The van der Waals surface area contributed by atoms with Crippen LogP contribution in [0.3, 0.4) is 0 Å². The summed E-state index contributed by atoms with van der Waals surface area (Å²) >= 11 is 0. The van der Waals surface area contributed by atoms with E-state index in [1.807, 2.05) is 30.3 Å². The van der Waals surface area contributed by atoms with Gasteiger partial charge in [-0.2, -0.15) is 5.10 Å². The standard InChI is InChI=1S/C28H28FN7O2/c29-20-4-5-22-23(8-15-38-24(22)17-20)32-26(37)19-2-1-3-21(16-19)34-28(9-13-31-14-10-28)27-33-25(35-36-27)18-6-11-30-12-7-18/h1-7,11-12,16-17,23,31,34H,8-10,13-15H2,(H,32,37)(H,33,35,36)/t23-/m1/s1. The number of rotatable bonds is 6. The van der Waals surface area contributed by atoms with Crippen molar-refractivity contribution in [2.45, 2.75) is 30.8 Å². The number of aromatic nitrogens is 4. The molecule has 9 nitrogen and oxygen atoms in total. The van der Waals surface area contributed by atoms with Crippen molar-refractivity contribution < 1.29 is 13.9 Å². The molecule has 4 aromatic rings. The van der Waals surface area contributed by atoms with Gasteiger partial charge >= 0.3 is 0 Å². The van der Waals surface area contributed by atoms with Gasteiger partial charge in [-0.05, 0) is 62.3 Å². The summed E-state index contributed by atoms with van der Waals surface area (Å²) in [7, 11) is 0. The Hall–Kier alpha value is -4.31. The van der Waals surface area contributed by atoms with Crippen molar-refractivity contribution in [3.63, 3.8) is 0 Å². The molecule has 4 heterocycles. The maximum Gasteiger partial charge on any atom is 0.251 e. The van der Waals surface area contributed by atoms with Gasteiger partial charge in [-0.3, -0.25) is 14.9 Å². The lowest BCUT2D eigenvalue weighted by atomic mass is 9.87. The van der Waals surface area contributed by atoms with Crippen LogP contribution >= 0.6 is 0 Å². The molecule has 0 unspecified atom stereocenters. The van der Waals surface area contributed by atoms with Crippen LogP contribution in [0.5, 0.6) is 5.75 Å². The number of piperidine rings is 1. The molecule has 0 saturated carbocycles. The number of H-pyrrole nitrogens is 1. The van der Waals surface area contributed by atoms with Crippen molar-refractivity contribution in [1.82, 2.24) is 30.8 Å². The zero-order chi connectivity index (χ0) is 26.0. The Morgan fingerprint density at radius 3 is 2.76 bits per heavy atom. The number of hydrogen-bond donors (Lipinski definition) is 4. The number of fused-ring (bicyclic) bond motifs is 1. The van der Waals surface area contributed by atoms with Crippen LogP contribution in [0.2, 0.25) is 0 Å². The molecule has 10 heteroatoms. The summed E-state index contributed by atoms with van der Waals surface area (Å²) in [5, 5.41) is 17.8. The fraction of sp³-hybridized carbons (Fsp3) is 0.286. The highest BCUT2D eigenvalue weighted by atomic mass is 19.1. The van der Waals surface area contributed by atoms with Crippen LogP contribution in [-0.4, -0.2) is 45.8 Å². The van der Waals surface area contributed by atoms with E-state index in [0.717, 1.165) is 48.6 Å². The average molecular weight is 514 g/mol. The number of halogens is 1. The fourth-order valence-electron chi connectivity index (χ4n) is 5.15. The Labute approximate surface area is 219 Å². The highest BCUT2D eigenvalue weighted by Gasteiger charge is 2.37. The number of carbonyl (C=O) groups excluding carboxylic acids is 1. The molecule has 1 atom stereocenters. The molecule has 194 valence electrons. The molecule has 0 radical (unpaired) electrons. The Kier molecular flexibility index (Phi) is 6.47. The Morgan fingerprint density at radius 1 is 1.08 bits per heavy atom. The second-order valence-corrected chi connectivity index (χ2v) is 9.63. The predicted octanol–water partition coefficient (Wildman–Crippen LogP) is 3.95. The van der Waals surface area contributed by atoms with Gasteiger partial charge in [0.15, 0.2) is 11.6 Å². The van der Waals surface area contributed by atoms with Crippen molar-refractivity contribution >= 4 is 11.6 Å². The number of amides is 1. The largest absolute Gasteiger partial charge is 0.493 e. The number of anilines is 1. The first-order chi connectivity index (χ1) is 18.6. The molecule has 2 aliphatic heterocycles. The molecule has 1 fully saturated rings. The SMILES string of the molecule is O=C(N[C@@H]1CCOc2cc(F)ccc21)c1cccc(NC2(c3nc(-c4ccncc4)n[nH]3)CCNCC2)c1. The number of benzene rings is 2. The van der Waals surface area contributed by atoms with Crippen LogP contribution in [0.15, 0.2) is 67.0 Å². The zero-order valence-electron chi connectivity index (χ0n) is 20.7. The third-order valence-corrected chi connectivity index (χ3v) is 7.16. The average Bonchev–Trinajstić information content (AvgIpc) is 3.46. The van der Waals surface area contributed by atoms with Crippen molar-refractivity contribution in [2.24, 2.45) is 0 Å². The molecule has 2 aromatic carbocycles. The molecular formula is C28H28FN7O2. The molecule has 38 heavy (non-hydrogen) atoms. The van der Waals surface area contributed by atoms with Crippen molar-refractivity contribution in [1.29, 1.82) is 0 Å². The lowest BCUT2D eigenvalue weighted by Crippen LogP contribution is -2.46. The number of pyridine rings is 1. The molecule has 0 spiro atoms. The first-order valence-electron chi connectivity index (χ1n) is 12.7. The summed E-state index contributed by atoms with van der Waals surface area (Å²) in [6, 6.07) is 15.4. The van der Waals surface area contributed by atoms with E-state index >= 15 is 0 Å². The van der Waals surface area contributed by atoms with Gasteiger partial charge in [-0.25, -0.2) is 9.37 Å². The van der Waals surface area contributed by atoms with E-state index in [2.05, 4.69) is 31.1 Å². The molecule has 0 aliphatic carbocycles. The maximum atomic E-state index is 13.6. The topological polar surface area (TPSA) is 117 Å². The van der Waals surface area contributed by atoms with Crippen LogP contribution in [0, 0.1) is 5.82 Å². The minimum Gasteiger partial charge on any atom is -0.493 e. The number of aromatic amines is 1. The van der Waals surface area contributed by atoms with E-state index in [-0.39, 0.29) is 17.8 Å². The van der Waals surface area contributed by atoms with Gasteiger partial charge in [0, 0.05) is 47.3 Å². The Morgan fingerprint density at radius 2 is 1.92 bits per heavy atom. The van der Waals surface area contributed by atoms with Crippen LogP contribution in [-0.2, 0) is 5.54 Å². The summed E-state index contributed by atoms with van der Waals surface area (Å²) in [4.78, 5) is 22.1. The van der Waals surface area contributed by atoms with Crippen molar-refractivity contribution in [3.05, 3.63) is 89.8 Å². The third kappa shape index (κ3) is 4.82. The maximum absolute atomic E-state index is 13.6. The van der Waals surface area contributed by atoms with Crippen LogP contribution < -0.4 is 20.7 Å². The van der Waals surface area contributed by atoms with Crippen molar-refractivity contribution in [3.8, 4) is 17.1 Å². The highest BCUT2D eigenvalue weighted by molar-refractivity contribution is 5.95. The number of nitrogens with zero attached hydrogens (tertiary/aromatic N) is 3. The lowest BCUT2D eigenvalue weighted by molar-refractivity contribution is 0.0924. The van der Waals surface area contributed by atoms with E-state index in [9.17, 15) is 9.18 Å². The molecule has 6 rings (SSSR count). The van der Waals surface area contributed by atoms with Gasteiger partial charge < -0.3 is 20.7 Å². The van der Waals surface area contributed by atoms with Gasteiger partial charge in [0.1, 0.15) is 11.6 Å². The molecule has 4 N–H and O–H groups in total. The Balaban J connectivity index is 1.23. The molecule has 2 aromatic heterocycles. The number of nitrogens with one attached hydrogen (secondary N) is 4. The summed E-state index contributed by atoms with van der Waals surface area (Å²) in [5.41, 5.74) is 2.55. The van der Waals surface area contributed by atoms with Gasteiger partial charge in [0.2, 0.25) is 0 Å². The van der Waals surface area contributed by atoms with Gasteiger partial charge in [0.25, 0.3) is 5.91 Å². The van der Waals surface area contributed by atoms with E-state index in [1.165, 1.54) is 12.1 Å². The molecule has 1 saturated heterocycles. The van der Waals surface area contributed by atoms with Crippen LogP contribution in [0.4, 0.5) is 10.1 Å². The van der Waals surface area contributed by atoms with Crippen LogP contribution in [0.25, 0.3) is 11.4 Å². The minimum absolute atomic E-state index is 0.199. The Bertz CT molecular complexity index is 1440. The van der Waals surface area contributed by atoms with Crippen LogP contribution in [0.1, 0.15) is 47.1 Å². The molecular weight excluding hydrogens is 485 g/mol. The van der Waals surface area contributed by atoms with Gasteiger partial charge in [-0.15, -0.1) is 0 Å². The van der Waals surface area contributed by atoms with E-state index in [0.29, 0.717) is 30.2 Å². The van der Waals surface area contributed by atoms with Crippen molar-refractivity contribution in [2.75, 3.05) is 25.0 Å². The third-order valence-electron chi connectivity index (χ3n) is 7.16. The first-order valence-corrected chi connectivity index (χ1v) is 12.7. The molecule has 0 bridgehead atoms. The van der Waals surface area contributed by atoms with E-state index < -0.39 is 5.54 Å². The quantitative estimate of drug-likeness (QED) is 0.308. The van der Waals surface area contributed by atoms with E-state index in [4.69, 9.17) is 9.72 Å². The molecule has 1 amide bonds. The normalized spacial score (nSPS) is 18.2. The lowest BCUT2D eigenvalue weighted by Gasteiger charge is -2.37. The first kappa shape index (κ1) is 24.1. The predicted molar refractivity (Wildman–Crippen MR) is 140 cm³/mol. The second kappa shape index (κ2) is 10.2. The number of carbonyl (C=O) groups is 1. The monoisotopic (exact) mass is 513 g/mol. The smallest absolute Gasteiger partial charge is 0.251 e. The second-order valence-electron chi connectivity index (χ2n) is 9.63. The zero-order valence-corrected chi connectivity index (χ0v) is 20.7. The fourth-order valence-corrected chi connectivity index (χ4v) is 5.15. The van der Waals surface area contributed by atoms with Gasteiger partial charge in [0.05, 0.1) is 18.2 Å². The minimum atomic E-state index is -0.470. The number of ether oxygens (including phenoxy) is 1. The van der Waals surface area contributed by atoms with Gasteiger partial charge in [-0.1, -0.05) is 12.1 Å². The highest BCUT2D eigenvalue weighted by Crippen LogP contribution is 2.35. The summed E-state index contributed by atoms with van der Waals surface area (Å²) in [6.45, 7) is 2.06. The summed E-state index contributed by atoms with van der Waals surface area (Å²) < 4.78 is 19.2. The van der Waals surface area contributed by atoms with E-state index in [1.54, 1.807) is 24.5 Å².